The Labute approximate surface area is 255 Å². The number of hydrogen-bond donors (Lipinski definition) is 2. The molecule has 15 heteroatoms. The number of benzene rings is 1. The summed E-state index contributed by atoms with van der Waals surface area (Å²) in [6.45, 7) is 6.60. The lowest BCUT2D eigenvalue weighted by Crippen LogP contribution is -2.38. The van der Waals surface area contributed by atoms with E-state index in [9.17, 15) is 27.5 Å². The molecule has 3 heterocycles. The Hall–Kier alpha value is -4.27. The molecule has 0 radical (unpaired) electrons. The predicted molar refractivity (Wildman–Crippen MR) is 157 cm³/mol. The third-order valence-electron chi connectivity index (χ3n) is 6.33. The number of amidine groups is 1. The molecule has 44 heavy (non-hydrogen) atoms. The zero-order valence-electron chi connectivity index (χ0n) is 23.7. The summed E-state index contributed by atoms with van der Waals surface area (Å²) in [5.74, 6) is -1.95. The smallest absolute Gasteiger partial charge is 0.435 e. The van der Waals surface area contributed by atoms with Gasteiger partial charge >= 0.3 is 12.1 Å². The van der Waals surface area contributed by atoms with E-state index in [4.69, 9.17) is 21.1 Å². The molecule has 2 N–H and O–H groups in total. The molecule has 0 aliphatic carbocycles. The number of nitrogens with zero attached hydrogens (tertiary/aromatic N) is 5. The number of pyridine rings is 1. The summed E-state index contributed by atoms with van der Waals surface area (Å²) in [4.78, 5) is 23.0. The molecule has 4 rings (SSSR count). The molecule has 0 saturated carbocycles. The lowest BCUT2D eigenvalue weighted by Gasteiger charge is -2.26. The summed E-state index contributed by atoms with van der Waals surface area (Å²) in [7, 11) is 0. The highest BCUT2D eigenvalue weighted by atomic mass is 35.5. The van der Waals surface area contributed by atoms with Crippen LogP contribution in [0.1, 0.15) is 35.5 Å². The molecular formula is C29H29ClF4N6O4. The topological polar surface area (TPSA) is 114 Å². The molecule has 0 bridgehead atoms. The van der Waals surface area contributed by atoms with Gasteiger partial charge in [-0.25, -0.2) is 23.8 Å². The quantitative estimate of drug-likeness (QED) is 0.122. The van der Waals surface area contributed by atoms with Crippen molar-refractivity contribution in [2.75, 3.05) is 44.8 Å². The number of aromatic nitrogens is 3. The zero-order valence-corrected chi connectivity index (χ0v) is 24.5. The number of carboxylic acid groups (broad SMARTS) is 1. The van der Waals surface area contributed by atoms with E-state index in [2.05, 4.69) is 25.3 Å². The number of carboxylic acids is 1. The van der Waals surface area contributed by atoms with Crippen molar-refractivity contribution in [1.82, 2.24) is 19.7 Å². The minimum Gasteiger partial charge on any atom is -0.477 e. The largest absolute Gasteiger partial charge is 0.477 e. The third kappa shape index (κ3) is 8.42. The maximum atomic E-state index is 13.6. The molecule has 1 aliphatic rings. The maximum absolute atomic E-state index is 13.6. The molecule has 1 aromatic carbocycles. The van der Waals surface area contributed by atoms with E-state index in [-0.39, 0.29) is 45.9 Å². The van der Waals surface area contributed by atoms with E-state index in [0.29, 0.717) is 25.4 Å². The molecule has 0 amide bonds. The Morgan fingerprint density at radius 1 is 1.25 bits per heavy atom. The highest BCUT2D eigenvalue weighted by molar-refractivity contribution is 6.31. The summed E-state index contributed by atoms with van der Waals surface area (Å²) in [6.07, 6.45) is 0.850. The lowest BCUT2D eigenvalue weighted by molar-refractivity contribution is -0.141. The van der Waals surface area contributed by atoms with Gasteiger partial charge in [0.1, 0.15) is 23.8 Å². The fourth-order valence-corrected chi connectivity index (χ4v) is 4.41. The van der Waals surface area contributed by atoms with Gasteiger partial charge in [0.15, 0.2) is 11.5 Å². The van der Waals surface area contributed by atoms with Crippen molar-refractivity contribution >= 4 is 40.5 Å². The predicted octanol–water partition coefficient (Wildman–Crippen LogP) is 5.93. The Morgan fingerprint density at radius 2 is 2.00 bits per heavy atom. The molecule has 0 unspecified atom stereocenters. The van der Waals surface area contributed by atoms with Gasteiger partial charge in [-0.1, -0.05) is 23.8 Å². The van der Waals surface area contributed by atoms with Gasteiger partial charge in [0.2, 0.25) is 5.88 Å². The number of ether oxygens (including phenoxy) is 2. The first kappa shape index (κ1) is 32.6. The van der Waals surface area contributed by atoms with Crippen LogP contribution in [0.15, 0.2) is 59.9 Å². The number of anilines is 1. The number of carbonyl (C=O) groups is 1. The lowest BCUT2D eigenvalue weighted by atomic mass is 10.0. The summed E-state index contributed by atoms with van der Waals surface area (Å²) < 4.78 is 66.0. The van der Waals surface area contributed by atoms with Crippen LogP contribution in [0.3, 0.4) is 0 Å². The fourth-order valence-electron chi connectivity index (χ4n) is 4.23. The van der Waals surface area contributed by atoms with Gasteiger partial charge in [-0.15, -0.1) is 0 Å². The van der Waals surface area contributed by atoms with Gasteiger partial charge in [-0.2, -0.15) is 18.3 Å². The number of hydrogen-bond acceptors (Lipinski definition) is 7. The first-order valence-electron chi connectivity index (χ1n) is 13.4. The second-order valence-corrected chi connectivity index (χ2v) is 9.92. The molecule has 0 atom stereocenters. The van der Waals surface area contributed by atoms with Crippen LogP contribution in [-0.4, -0.2) is 76.0 Å². The number of alkyl halides is 3. The maximum Gasteiger partial charge on any atom is 0.435 e. The molecule has 1 saturated heterocycles. The van der Waals surface area contributed by atoms with Crippen LogP contribution in [0.4, 0.5) is 23.2 Å². The van der Waals surface area contributed by atoms with Crippen molar-refractivity contribution in [1.29, 1.82) is 0 Å². The summed E-state index contributed by atoms with van der Waals surface area (Å²) in [6, 6.07) is 5.97. The van der Waals surface area contributed by atoms with Crippen LogP contribution < -0.4 is 10.1 Å². The number of morpholine rings is 1. The standard InChI is InChI=1S/C29H29ClF4N6O4/c1-3-4-21(19-15-22(28(41)42)27(35-17-19)44-14-11-39-9-12-43-13-10-39)26(40-8-7-25(38-40)29(32,33)34)37-18(2)36-20-5-6-24(31)23(30)16-20/h3-8,15-17H,9-14H2,1-2H3,(H,36,37)(H,41,42)/b4-3?,26-21-. The first-order chi connectivity index (χ1) is 21.0. The van der Waals surface area contributed by atoms with Crippen molar-refractivity contribution in [3.8, 4) is 5.88 Å². The van der Waals surface area contributed by atoms with E-state index >= 15 is 0 Å². The van der Waals surface area contributed by atoms with Crippen LogP contribution in [0.25, 0.3) is 11.4 Å². The van der Waals surface area contributed by atoms with Crippen molar-refractivity contribution in [2.45, 2.75) is 20.0 Å². The van der Waals surface area contributed by atoms with Gasteiger partial charge in [-0.3, -0.25) is 4.90 Å². The Balaban J connectivity index is 1.76. The minimum absolute atomic E-state index is 0.0871. The molecule has 3 aromatic rings. The van der Waals surface area contributed by atoms with Gasteiger partial charge in [0.05, 0.1) is 18.2 Å². The molecule has 234 valence electrons. The summed E-state index contributed by atoms with van der Waals surface area (Å²) in [5.41, 5.74) is -0.607. The SMILES string of the molecule is CC=C/C(=C(\N=C(C)Nc1ccc(F)c(Cl)c1)n1ccc(C(F)(F)F)n1)c1cnc(OCCN2CCOCC2)c(C(=O)O)c1. The monoisotopic (exact) mass is 636 g/mol. The molecule has 10 nitrogen and oxygen atoms in total. The van der Waals surface area contributed by atoms with Crippen molar-refractivity contribution < 1.29 is 36.9 Å². The van der Waals surface area contributed by atoms with E-state index in [1.807, 2.05) is 0 Å². The van der Waals surface area contributed by atoms with Crippen molar-refractivity contribution in [2.24, 2.45) is 4.99 Å². The number of allylic oxidation sites excluding steroid dienone is 3. The molecular weight excluding hydrogens is 608 g/mol. The normalized spacial score (nSPS) is 15.4. The van der Waals surface area contributed by atoms with E-state index in [1.165, 1.54) is 37.4 Å². The van der Waals surface area contributed by atoms with Gasteiger partial charge in [-0.05, 0) is 44.2 Å². The van der Waals surface area contributed by atoms with Crippen LogP contribution in [0.5, 0.6) is 5.88 Å². The Bertz CT molecular complexity index is 1580. The van der Waals surface area contributed by atoms with Gasteiger partial charge in [0.25, 0.3) is 0 Å². The summed E-state index contributed by atoms with van der Waals surface area (Å²) >= 11 is 5.87. The highest BCUT2D eigenvalue weighted by Gasteiger charge is 2.34. The average molecular weight is 637 g/mol. The molecule has 1 fully saturated rings. The van der Waals surface area contributed by atoms with E-state index in [1.54, 1.807) is 13.0 Å². The van der Waals surface area contributed by atoms with Gasteiger partial charge < -0.3 is 19.9 Å². The second kappa shape index (κ2) is 14.5. The van der Waals surface area contributed by atoms with Crippen LogP contribution in [-0.2, 0) is 10.9 Å². The van der Waals surface area contributed by atoms with E-state index < -0.39 is 23.7 Å². The highest BCUT2D eigenvalue weighted by Crippen LogP contribution is 2.31. The van der Waals surface area contributed by atoms with Crippen LogP contribution >= 0.6 is 11.6 Å². The van der Waals surface area contributed by atoms with Crippen LogP contribution in [0.2, 0.25) is 5.02 Å². The Morgan fingerprint density at radius 3 is 2.64 bits per heavy atom. The van der Waals surface area contributed by atoms with Crippen molar-refractivity contribution in [3.05, 3.63) is 82.5 Å². The number of rotatable bonds is 10. The molecule has 0 spiro atoms. The van der Waals surface area contributed by atoms with Gasteiger partial charge in [0, 0.05) is 48.9 Å². The Kier molecular flexibility index (Phi) is 10.7. The van der Waals surface area contributed by atoms with E-state index in [0.717, 1.165) is 36.1 Å². The first-order valence-corrected chi connectivity index (χ1v) is 13.8. The molecule has 2 aromatic heterocycles. The average Bonchev–Trinajstić information content (AvgIpc) is 3.49. The third-order valence-corrected chi connectivity index (χ3v) is 6.62. The fraction of sp³-hybridized carbons (Fsp3) is 0.310. The van der Waals surface area contributed by atoms with Crippen LogP contribution in [0, 0.1) is 5.82 Å². The summed E-state index contributed by atoms with van der Waals surface area (Å²) in [5, 5.41) is 16.4. The zero-order chi connectivity index (χ0) is 31.9. The number of aromatic carboxylic acids is 1. The number of nitrogens with one attached hydrogen (secondary N) is 1. The minimum atomic E-state index is -4.72. The number of aliphatic imine (C=N–C) groups is 1. The molecule has 1 aliphatic heterocycles. The number of halogens is 5. The van der Waals surface area contributed by atoms with Crippen molar-refractivity contribution in [3.63, 3.8) is 0 Å². The second-order valence-electron chi connectivity index (χ2n) is 9.52.